The molecule has 0 radical (unpaired) electrons. The van der Waals surface area contributed by atoms with Gasteiger partial charge in [0.1, 0.15) is 5.75 Å². The van der Waals surface area contributed by atoms with Crippen molar-refractivity contribution in [2.24, 2.45) is 0 Å². The van der Waals surface area contributed by atoms with Crippen LogP contribution in [-0.4, -0.2) is 16.5 Å². The monoisotopic (exact) mass is 284 g/mol. The Bertz CT molecular complexity index is 484. The quantitative estimate of drug-likeness (QED) is 0.849. The lowest BCUT2D eigenvalue weighted by Gasteiger charge is -2.05. The van der Waals surface area contributed by atoms with Crippen molar-refractivity contribution in [1.82, 2.24) is 9.36 Å². The molecule has 0 saturated heterocycles. The minimum absolute atomic E-state index is 0.698. The van der Waals surface area contributed by atoms with Crippen molar-refractivity contribution in [3.05, 3.63) is 27.7 Å². The van der Waals surface area contributed by atoms with Gasteiger partial charge in [-0.15, -0.1) is 0 Å². The molecule has 3 nitrogen and oxygen atoms in total. The molecular formula is C10H9BrN2OS. The zero-order chi connectivity index (χ0) is 10.8. The summed E-state index contributed by atoms with van der Waals surface area (Å²) in [4.78, 5) is 4.26. The van der Waals surface area contributed by atoms with Crippen LogP contribution in [0.3, 0.4) is 0 Å². The first-order valence-electron chi connectivity index (χ1n) is 4.35. The first kappa shape index (κ1) is 10.6. The minimum Gasteiger partial charge on any atom is -0.496 e. The summed E-state index contributed by atoms with van der Waals surface area (Å²) in [7, 11) is 1.65. The van der Waals surface area contributed by atoms with Crippen LogP contribution in [0.15, 0.2) is 22.1 Å². The molecular weight excluding hydrogens is 276 g/mol. The van der Waals surface area contributed by atoms with Crippen LogP contribution >= 0.6 is 27.5 Å². The molecule has 0 N–H and O–H groups in total. The number of hydrogen-bond acceptors (Lipinski definition) is 4. The summed E-state index contributed by atoms with van der Waals surface area (Å²) in [6.45, 7) is 2.02. The Hall–Kier alpha value is -0.940. The van der Waals surface area contributed by atoms with Gasteiger partial charge in [0.05, 0.1) is 12.7 Å². The van der Waals surface area contributed by atoms with Crippen LogP contribution in [0.2, 0.25) is 0 Å². The van der Waals surface area contributed by atoms with E-state index in [9.17, 15) is 0 Å². The Morgan fingerprint density at radius 2 is 2.20 bits per heavy atom. The van der Waals surface area contributed by atoms with Gasteiger partial charge in [0.25, 0.3) is 0 Å². The van der Waals surface area contributed by atoms with E-state index in [1.54, 1.807) is 7.11 Å². The largest absolute Gasteiger partial charge is 0.496 e. The van der Waals surface area contributed by atoms with Gasteiger partial charge in [-0.3, -0.25) is 0 Å². The second-order valence-corrected chi connectivity index (χ2v) is 5.10. The van der Waals surface area contributed by atoms with Gasteiger partial charge in [-0.25, -0.2) is 4.98 Å². The van der Waals surface area contributed by atoms with Crippen molar-refractivity contribution in [1.29, 1.82) is 0 Å². The molecule has 1 aromatic heterocycles. The van der Waals surface area contributed by atoms with E-state index in [1.165, 1.54) is 11.5 Å². The van der Waals surface area contributed by atoms with E-state index in [4.69, 9.17) is 4.74 Å². The highest BCUT2D eigenvalue weighted by Gasteiger charge is 2.10. The highest BCUT2D eigenvalue weighted by Crippen LogP contribution is 2.30. The van der Waals surface area contributed by atoms with E-state index in [2.05, 4.69) is 25.3 Å². The number of rotatable bonds is 2. The molecule has 2 aromatic rings. The molecule has 78 valence electrons. The summed E-state index contributed by atoms with van der Waals surface area (Å²) in [5, 5.41) is 0. The summed E-state index contributed by atoms with van der Waals surface area (Å²) in [6, 6.07) is 5.97. The zero-order valence-corrected chi connectivity index (χ0v) is 10.7. The van der Waals surface area contributed by atoms with Crippen LogP contribution in [0.5, 0.6) is 5.75 Å². The molecule has 0 spiro atoms. The number of nitrogens with zero attached hydrogens (tertiary/aromatic N) is 2. The third kappa shape index (κ3) is 2.18. The van der Waals surface area contributed by atoms with Crippen molar-refractivity contribution < 1.29 is 4.74 Å². The Morgan fingerprint density at radius 1 is 1.40 bits per heavy atom. The predicted octanol–water partition coefficient (Wildman–Crippen LogP) is 3.28. The van der Waals surface area contributed by atoms with Gasteiger partial charge in [-0.1, -0.05) is 6.07 Å². The fourth-order valence-electron chi connectivity index (χ4n) is 1.30. The lowest BCUT2D eigenvalue weighted by molar-refractivity contribution is 0.416. The van der Waals surface area contributed by atoms with Gasteiger partial charge < -0.3 is 4.74 Å². The first-order valence-corrected chi connectivity index (χ1v) is 5.91. The van der Waals surface area contributed by atoms with Crippen LogP contribution in [0, 0.1) is 6.92 Å². The highest BCUT2D eigenvalue weighted by atomic mass is 79.9. The molecule has 1 heterocycles. The first-order chi connectivity index (χ1) is 7.20. The topological polar surface area (TPSA) is 35.0 Å². The van der Waals surface area contributed by atoms with E-state index >= 15 is 0 Å². The van der Waals surface area contributed by atoms with Gasteiger partial charge in [0, 0.05) is 0 Å². The lowest BCUT2D eigenvalue weighted by atomic mass is 10.1. The zero-order valence-electron chi connectivity index (χ0n) is 8.32. The van der Waals surface area contributed by atoms with Crippen molar-refractivity contribution in [2.75, 3.05) is 7.11 Å². The number of aryl methyl sites for hydroxylation is 1. The standard InChI is InChI=1S/C10H9BrN2OS/c1-6-3-4-7(8(5-6)14-2)9-12-10(11)15-13-9/h3-5H,1-2H3. The molecule has 0 bridgehead atoms. The summed E-state index contributed by atoms with van der Waals surface area (Å²) in [6.07, 6.45) is 0. The average Bonchev–Trinajstić information content (AvgIpc) is 2.64. The second kappa shape index (κ2) is 4.28. The summed E-state index contributed by atoms with van der Waals surface area (Å²) in [5.41, 5.74) is 2.08. The molecule has 1 aromatic carbocycles. The maximum atomic E-state index is 5.30. The maximum absolute atomic E-state index is 5.30. The smallest absolute Gasteiger partial charge is 0.179 e. The molecule has 0 aliphatic carbocycles. The SMILES string of the molecule is COc1cc(C)ccc1-c1nsc(Br)n1. The van der Waals surface area contributed by atoms with Gasteiger partial charge in [-0.2, -0.15) is 4.37 Å². The van der Waals surface area contributed by atoms with Crippen LogP contribution in [-0.2, 0) is 0 Å². The van der Waals surface area contributed by atoms with Gasteiger partial charge >= 0.3 is 0 Å². The summed E-state index contributed by atoms with van der Waals surface area (Å²) >= 11 is 4.62. The molecule has 5 heteroatoms. The lowest BCUT2D eigenvalue weighted by Crippen LogP contribution is -1.90. The van der Waals surface area contributed by atoms with E-state index in [1.807, 2.05) is 25.1 Å². The Kier molecular flexibility index (Phi) is 3.02. The molecule has 0 amide bonds. The van der Waals surface area contributed by atoms with Crippen molar-refractivity contribution in [3.63, 3.8) is 0 Å². The van der Waals surface area contributed by atoms with Gasteiger partial charge in [0.15, 0.2) is 9.74 Å². The van der Waals surface area contributed by atoms with Crippen molar-refractivity contribution in [2.45, 2.75) is 6.92 Å². The number of hydrogen-bond donors (Lipinski definition) is 0. The molecule has 0 atom stereocenters. The number of halogens is 1. The predicted molar refractivity (Wildman–Crippen MR) is 64.3 cm³/mol. The highest BCUT2D eigenvalue weighted by molar-refractivity contribution is 9.11. The Balaban J connectivity index is 2.52. The molecule has 0 saturated carbocycles. The number of benzene rings is 1. The van der Waals surface area contributed by atoms with Crippen molar-refractivity contribution in [3.8, 4) is 17.1 Å². The molecule has 0 fully saturated rings. The molecule has 0 unspecified atom stereocenters. The van der Waals surface area contributed by atoms with Gasteiger partial charge in [-0.05, 0) is 52.1 Å². The summed E-state index contributed by atoms with van der Waals surface area (Å²) < 4.78 is 10.3. The van der Waals surface area contributed by atoms with E-state index < -0.39 is 0 Å². The fraction of sp³-hybridized carbons (Fsp3) is 0.200. The number of methoxy groups -OCH3 is 1. The number of aromatic nitrogens is 2. The van der Waals surface area contributed by atoms with E-state index in [0.29, 0.717) is 5.82 Å². The van der Waals surface area contributed by atoms with Crippen LogP contribution in [0.4, 0.5) is 0 Å². The summed E-state index contributed by atoms with van der Waals surface area (Å²) in [5.74, 6) is 1.50. The normalized spacial score (nSPS) is 10.3. The van der Waals surface area contributed by atoms with E-state index in [-0.39, 0.29) is 0 Å². The Morgan fingerprint density at radius 3 is 2.80 bits per heavy atom. The molecule has 0 aliphatic rings. The maximum Gasteiger partial charge on any atom is 0.179 e. The van der Waals surface area contributed by atoms with Crippen molar-refractivity contribution >= 4 is 27.5 Å². The number of ether oxygens (including phenoxy) is 1. The minimum atomic E-state index is 0.698. The van der Waals surface area contributed by atoms with Crippen LogP contribution in [0.1, 0.15) is 5.56 Å². The molecule has 0 aliphatic heterocycles. The van der Waals surface area contributed by atoms with Crippen LogP contribution in [0.25, 0.3) is 11.4 Å². The molecule has 2 rings (SSSR count). The van der Waals surface area contributed by atoms with Gasteiger partial charge in [0.2, 0.25) is 0 Å². The average molecular weight is 285 g/mol. The molecule has 15 heavy (non-hydrogen) atoms. The fourth-order valence-corrected chi connectivity index (χ4v) is 2.11. The third-order valence-corrected chi connectivity index (χ3v) is 3.12. The second-order valence-electron chi connectivity index (χ2n) is 3.07. The van der Waals surface area contributed by atoms with E-state index in [0.717, 1.165) is 20.8 Å². The van der Waals surface area contributed by atoms with Crippen LogP contribution < -0.4 is 4.74 Å². The Labute approximate surface area is 100 Å². The third-order valence-electron chi connectivity index (χ3n) is 2.00.